The van der Waals surface area contributed by atoms with Gasteiger partial charge in [0.25, 0.3) is 0 Å². The molecule has 0 radical (unpaired) electrons. The van der Waals surface area contributed by atoms with E-state index < -0.39 is 0 Å². The van der Waals surface area contributed by atoms with Crippen LogP contribution in [0, 0.1) is 53.4 Å². The minimum atomic E-state index is 0.164. The summed E-state index contributed by atoms with van der Waals surface area (Å²) in [5.74, 6) is 1.50. The zero-order valence-electron chi connectivity index (χ0n) is 53.6. The zero-order chi connectivity index (χ0) is 58.1. The second kappa shape index (κ2) is 30.4. The first-order valence-corrected chi connectivity index (χ1v) is 33.1. The van der Waals surface area contributed by atoms with Crippen molar-refractivity contribution in [3.8, 4) is 22.3 Å². The van der Waals surface area contributed by atoms with Crippen LogP contribution in [0.25, 0.3) is 44.1 Å². The minimum absolute atomic E-state index is 0.164. The molecular weight excluding hydrogens is 979 g/mol. The number of unbranched alkanes of at least 4 members (excludes halogenated alkanes) is 15. The maximum Gasteiger partial charge on any atom is 0.197 e. The van der Waals surface area contributed by atoms with Crippen molar-refractivity contribution in [2.24, 2.45) is 11.8 Å². The lowest BCUT2D eigenvalue weighted by Crippen LogP contribution is -2.27. The van der Waals surface area contributed by atoms with Crippen LogP contribution in [0.1, 0.15) is 258 Å². The number of hydrogen-bond acceptors (Lipinski definition) is 1. The van der Waals surface area contributed by atoms with E-state index in [4.69, 9.17) is 0 Å². The number of aryl methyl sites for hydroxylation is 7. The molecule has 0 fully saturated rings. The summed E-state index contributed by atoms with van der Waals surface area (Å²) in [4.78, 5) is 13.0. The highest BCUT2D eigenvalue weighted by molar-refractivity contribution is 5.94. The van der Waals surface area contributed by atoms with Gasteiger partial charge in [-0.1, -0.05) is 276 Å². The third-order valence-electron chi connectivity index (χ3n) is 18.7. The van der Waals surface area contributed by atoms with Crippen LogP contribution in [-0.4, -0.2) is 4.57 Å². The van der Waals surface area contributed by atoms with Crippen molar-refractivity contribution in [3.63, 3.8) is 0 Å². The summed E-state index contributed by atoms with van der Waals surface area (Å²) in [6, 6.07) is 41.3. The lowest BCUT2D eigenvalue weighted by atomic mass is 9.69. The number of pyridine rings is 1. The van der Waals surface area contributed by atoms with E-state index in [0.717, 1.165) is 51.3 Å². The van der Waals surface area contributed by atoms with E-state index in [1.807, 2.05) is 12.1 Å². The summed E-state index contributed by atoms with van der Waals surface area (Å²) in [5.41, 5.74) is 23.1. The summed E-state index contributed by atoms with van der Waals surface area (Å²) in [7, 11) is 0. The Labute approximate surface area is 494 Å². The summed E-state index contributed by atoms with van der Waals surface area (Å²) in [5, 5.41) is 1.70. The average molecular weight is 1090 g/mol. The highest BCUT2D eigenvalue weighted by Gasteiger charge is 2.44. The fraction of sp³-hybridized carbons (Fsp3) is 0.532. The van der Waals surface area contributed by atoms with Gasteiger partial charge in [-0.2, -0.15) is 0 Å². The van der Waals surface area contributed by atoms with Gasteiger partial charge in [0.05, 0.1) is 11.0 Å². The van der Waals surface area contributed by atoms with Crippen molar-refractivity contribution in [1.29, 1.82) is 0 Å². The van der Waals surface area contributed by atoms with Crippen LogP contribution < -0.4 is 5.43 Å². The monoisotopic (exact) mass is 1090 g/mol. The van der Waals surface area contributed by atoms with E-state index in [1.165, 1.54) is 199 Å². The molecule has 2 aliphatic carbocycles. The van der Waals surface area contributed by atoms with Gasteiger partial charge in [-0.05, 0) is 167 Å². The quantitative estimate of drug-likeness (QED) is 0.0372. The maximum absolute atomic E-state index is 13.0. The molecule has 9 rings (SSSR count). The van der Waals surface area contributed by atoms with E-state index in [1.54, 1.807) is 22.3 Å². The standard InChI is InChI=1S/C31H46.C25H34.C23H29NO/c1-5-7-9-11-13-15-21-31(22-16-14-12-10-8-6-2)29-23-25(3)17-19-27(29)28-20-18-26(4)24-30(28)31;1-17(2)11-13-25(14-12-18(3)4)23-15-19(5)7-9-21(23)22-10-8-20(6)16-24(22)25;1-4-5-6-7-8-9-14-24-21-12-10-17(2)15-19(21)23(25)20-16-18(3)11-13-22(20)24/h17-20,23-24H,5-16,21-22H2,1-4H3;7-10,15-18H,11-14H2,1-6H3;10-13,15-16H,4-9,14H2,1-3H3. The Morgan fingerprint density at radius 2 is 0.630 bits per heavy atom. The van der Waals surface area contributed by atoms with Crippen LogP contribution in [0.3, 0.4) is 0 Å². The zero-order valence-corrected chi connectivity index (χ0v) is 53.6. The van der Waals surface area contributed by atoms with Gasteiger partial charge < -0.3 is 4.57 Å². The van der Waals surface area contributed by atoms with Crippen molar-refractivity contribution >= 4 is 21.8 Å². The van der Waals surface area contributed by atoms with Crippen LogP contribution in [0.4, 0.5) is 0 Å². The molecule has 0 bridgehead atoms. The highest BCUT2D eigenvalue weighted by Crippen LogP contribution is 2.56. The summed E-state index contributed by atoms with van der Waals surface area (Å²) in [6.07, 6.45) is 32.0. The molecule has 81 heavy (non-hydrogen) atoms. The largest absolute Gasteiger partial charge is 0.340 e. The molecule has 2 nitrogen and oxygen atoms in total. The van der Waals surface area contributed by atoms with E-state index in [2.05, 4.69) is 192 Å². The average Bonchev–Trinajstić information content (AvgIpc) is 3.14. The lowest BCUT2D eigenvalue weighted by Gasteiger charge is -2.34. The Kier molecular flexibility index (Phi) is 23.8. The van der Waals surface area contributed by atoms with Crippen molar-refractivity contribution in [1.82, 2.24) is 4.57 Å². The van der Waals surface area contributed by atoms with Crippen molar-refractivity contribution < 1.29 is 0 Å². The molecule has 0 saturated heterocycles. The molecule has 0 amide bonds. The molecule has 0 atom stereocenters. The van der Waals surface area contributed by atoms with Crippen LogP contribution in [-0.2, 0) is 17.4 Å². The molecule has 0 N–H and O–H groups in total. The molecule has 436 valence electrons. The Morgan fingerprint density at radius 1 is 0.346 bits per heavy atom. The molecule has 1 aromatic heterocycles. The van der Waals surface area contributed by atoms with E-state index in [-0.39, 0.29) is 16.3 Å². The second-order valence-corrected chi connectivity index (χ2v) is 26.6. The van der Waals surface area contributed by atoms with Gasteiger partial charge in [0.1, 0.15) is 0 Å². The van der Waals surface area contributed by atoms with Gasteiger partial charge in [-0.25, -0.2) is 0 Å². The molecule has 0 aliphatic heterocycles. The fourth-order valence-corrected chi connectivity index (χ4v) is 14.0. The summed E-state index contributed by atoms with van der Waals surface area (Å²) < 4.78 is 2.35. The molecule has 2 aliphatic rings. The number of fused-ring (bicyclic) bond motifs is 8. The Hall–Kier alpha value is -5.21. The highest BCUT2D eigenvalue weighted by atomic mass is 16.1. The van der Waals surface area contributed by atoms with Gasteiger partial charge in [0.15, 0.2) is 5.43 Å². The maximum atomic E-state index is 13.0. The van der Waals surface area contributed by atoms with Gasteiger partial charge in [0, 0.05) is 28.1 Å². The minimum Gasteiger partial charge on any atom is -0.340 e. The molecule has 7 aromatic rings. The van der Waals surface area contributed by atoms with E-state index in [9.17, 15) is 4.79 Å². The first kappa shape index (κ1) is 63.4. The van der Waals surface area contributed by atoms with Crippen LogP contribution in [0.5, 0.6) is 0 Å². The van der Waals surface area contributed by atoms with Gasteiger partial charge in [-0.3, -0.25) is 4.79 Å². The van der Waals surface area contributed by atoms with Gasteiger partial charge >= 0.3 is 0 Å². The van der Waals surface area contributed by atoms with Crippen molar-refractivity contribution in [3.05, 3.63) is 175 Å². The molecule has 2 heteroatoms. The molecule has 1 heterocycles. The molecule has 0 unspecified atom stereocenters. The van der Waals surface area contributed by atoms with Gasteiger partial charge in [-0.15, -0.1) is 0 Å². The molecule has 0 saturated carbocycles. The first-order chi connectivity index (χ1) is 39.1. The topological polar surface area (TPSA) is 22.0 Å². The first-order valence-electron chi connectivity index (χ1n) is 33.1. The van der Waals surface area contributed by atoms with Crippen LogP contribution in [0.15, 0.2) is 114 Å². The van der Waals surface area contributed by atoms with Crippen molar-refractivity contribution in [2.45, 2.75) is 261 Å². The summed E-state index contributed by atoms with van der Waals surface area (Å²) >= 11 is 0. The number of rotatable bonds is 27. The normalized spacial score (nSPS) is 13.5. The van der Waals surface area contributed by atoms with E-state index in [0.29, 0.717) is 0 Å². The smallest absolute Gasteiger partial charge is 0.197 e. The van der Waals surface area contributed by atoms with Crippen LogP contribution in [0.2, 0.25) is 0 Å². The number of aromatic nitrogens is 1. The number of hydrogen-bond donors (Lipinski definition) is 0. The SMILES string of the molecule is CCCCCCCCC1(CCCCCCCC)c2cc(C)ccc2-c2ccc(C)cc21.CCCCCCCCn1c2ccc(C)cc2c(=O)c2cc(C)ccc21.Cc1ccc2c(c1)C(CCC(C)C)(CCC(C)C)c1cc(C)ccc1-2. The molecular formula is C79H109NO. The van der Waals surface area contributed by atoms with Crippen molar-refractivity contribution in [2.75, 3.05) is 0 Å². The van der Waals surface area contributed by atoms with Gasteiger partial charge in [0.2, 0.25) is 0 Å². The van der Waals surface area contributed by atoms with Crippen LogP contribution >= 0.6 is 0 Å². The fourth-order valence-electron chi connectivity index (χ4n) is 14.0. The summed E-state index contributed by atoms with van der Waals surface area (Å²) in [6.45, 7) is 30.4. The Bertz CT molecular complexity index is 2970. The number of benzene rings is 6. The third kappa shape index (κ3) is 15.7. The number of nitrogens with zero attached hydrogens (tertiary/aromatic N) is 1. The predicted molar refractivity (Wildman–Crippen MR) is 357 cm³/mol. The molecule has 6 aromatic carbocycles. The second-order valence-electron chi connectivity index (χ2n) is 26.6. The third-order valence-corrected chi connectivity index (χ3v) is 18.7. The lowest BCUT2D eigenvalue weighted by molar-refractivity contribution is 0.364. The Balaban J connectivity index is 0.000000177. The van der Waals surface area contributed by atoms with E-state index >= 15 is 0 Å². The Morgan fingerprint density at radius 3 is 0.963 bits per heavy atom. The predicted octanol–water partition coefficient (Wildman–Crippen LogP) is 23.6. The molecule has 0 spiro atoms.